The first-order chi connectivity index (χ1) is 9.33. The van der Waals surface area contributed by atoms with Gasteiger partial charge >= 0.3 is 0 Å². The van der Waals surface area contributed by atoms with Gasteiger partial charge in [0.1, 0.15) is 0 Å². The summed E-state index contributed by atoms with van der Waals surface area (Å²) in [5, 5.41) is 3.68. The van der Waals surface area contributed by atoms with Crippen molar-refractivity contribution in [3.63, 3.8) is 0 Å². The molecule has 0 aromatic heterocycles. The fourth-order valence-electron chi connectivity index (χ4n) is 3.25. The predicted molar refractivity (Wildman–Crippen MR) is 80.4 cm³/mol. The molecule has 2 nitrogen and oxygen atoms in total. The Labute approximate surface area is 117 Å². The molecular formula is C17H26N2. The monoisotopic (exact) mass is 258 g/mol. The lowest BCUT2D eigenvalue weighted by Crippen LogP contribution is -2.36. The van der Waals surface area contributed by atoms with Crippen LogP contribution in [-0.4, -0.2) is 37.1 Å². The van der Waals surface area contributed by atoms with E-state index in [-0.39, 0.29) is 0 Å². The van der Waals surface area contributed by atoms with E-state index in [4.69, 9.17) is 0 Å². The molecule has 1 aliphatic carbocycles. The lowest BCUT2D eigenvalue weighted by Gasteiger charge is -2.19. The van der Waals surface area contributed by atoms with Crippen LogP contribution < -0.4 is 5.32 Å². The Kier molecular flexibility index (Phi) is 4.19. The van der Waals surface area contributed by atoms with Crippen LogP contribution in [0.2, 0.25) is 0 Å². The van der Waals surface area contributed by atoms with Crippen molar-refractivity contribution in [2.45, 2.75) is 38.1 Å². The van der Waals surface area contributed by atoms with Crippen LogP contribution >= 0.6 is 0 Å². The lowest BCUT2D eigenvalue weighted by molar-refractivity contribution is 0.321. The highest BCUT2D eigenvalue weighted by Crippen LogP contribution is 2.32. The first kappa shape index (κ1) is 13.1. The molecule has 1 aliphatic heterocycles. The molecule has 2 heteroatoms. The van der Waals surface area contributed by atoms with Crippen LogP contribution in [0.15, 0.2) is 30.3 Å². The van der Waals surface area contributed by atoms with Gasteiger partial charge in [-0.05, 0) is 50.1 Å². The summed E-state index contributed by atoms with van der Waals surface area (Å²) in [7, 11) is 0. The van der Waals surface area contributed by atoms with Gasteiger partial charge in [0, 0.05) is 25.7 Å². The van der Waals surface area contributed by atoms with E-state index < -0.39 is 0 Å². The van der Waals surface area contributed by atoms with Crippen molar-refractivity contribution in [1.29, 1.82) is 0 Å². The zero-order valence-corrected chi connectivity index (χ0v) is 12.0. The van der Waals surface area contributed by atoms with Crippen LogP contribution in [0.1, 0.15) is 37.7 Å². The molecule has 2 atom stereocenters. The van der Waals surface area contributed by atoms with Crippen LogP contribution in [-0.2, 0) is 0 Å². The Bertz CT molecular complexity index is 386. The van der Waals surface area contributed by atoms with Gasteiger partial charge < -0.3 is 10.2 Å². The average Bonchev–Trinajstić information content (AvgIpc) is 3.20. The summed E-state index contributed by atoms with van der Waals surface area (Å²) in [4.78, 5) is 2.62. The maximum atomic E-state index is 3.68. The van der Waals surface area contributed by atoms with E-state index in [0.29, 0.717) is 0 Å². The van der Waals surface area contributed by atoms with Gasteiger partial charge in [0.15, 0.2) is 0 Å². The van der Waals surface area contributed by atoms with Gasteiger partial charge in [-0.1, -0.05) is 30.3 Å². The molecule has 3 rings (SSSR count). The van der Waals surface area contributed by atoms with Gasteiger partial charge in [-0.3, -0.25) is 0 Å². The normalized spacial score (nSPS) is 25.6. The highest BCUT2D eigenvalue weighted by Gasteiger charge is 2.28. The maximum Gasteiger partial charge on any atom is 0.0107 e. The molecular weight excluding hydrogens is 232 g/mol. The number of hydrogen-bond donors (Lipinski definition) is 1. The SMILES string of the molecule is CC(NCCN1CCC(c2ccccc2)C1)C1CC1. The fourth-order valence-corrected chi connectivity index (χ4v) is 3.25. The summed E-state index contributed by atoms with van der Waals surface area (Å²) in [6.07, 6.45) is 4.20. The molecule has 2 aliphatic rings. The highest BCUT2D eigenvalue weighted by atomic mass is 15.2. The van der Waals surface area contributed by atoms with Gasteiger partial charge in [-0.15, -0.1) is 0 Å². The second kappa shape index (κ2) is 6.06. The smallest absolute Gasteiger partial charge is 0.0107 e. The molecule has 0 spiro atoms. The van der Waals surface area contributed by atoms with Crippen LogP contribution in [0.4, 0.5) is 0 Å². The summed E-state index contributed by atoms with van der Waals surface area (Å²) in [5.41, 5.74) is 1.52. The fraction of sp³-hybridized carbons (Fsp3) is 0.647. The summed E-state index contributed by atoms with van der Waals surface area (Å²) in [6, 6.07) is 11.7. The number of nitrogens with one attached hydrogen (secondary N) is 1. The minimum Gasteiger partial charge on any atom is -0.313 e. The largest absolute Gasteiger partial charge is 0.313 e. The minimum atomic E-state index is 0.729. The highest BCUT2D eigenvalue weighted by molar-refractivity contribution is 5.20. The van der Waals surface area contributed by atoms with Gasteiger partial charge in [-0.2, -0.15) is 0 Å². The second-order valence-corrected chi connectivity index (χ2v) is 6.28. The summed E-state index contributed by atoms with van der Waals surface area (Å²) in [6.45, 7) is 7.20. The molecule has 19 heavy (non-hydrogen) atoms. The summed E-state index contributed by atoms with van der Waals surface area (Å²) < 4.78 is 0. The third-order valence-corrected chi connectivity index (χ3v) is 4.77. The lowest BCUT2D eigenvalue weighted by atomic mass is 9.99. The molecule has 104 valence electrons. The first-order valence-electron chi connectivity index (χ1n) is 7.83. The number of nitrogens with zero attached hydrogens (tertiary/aromatic N) is 1. The second-order valence-electron chi connectivity index (χ2n) is 6.28. The number of likely N-dealkylation sites (tertiary alicyclic amines) is 1. The van der Waals surface area contributed by atoms with E-state index in [1.807, 2.05) is 0 Å². The molecule has 0 amide bonds. The molecule has 1 saturated heterocycles. The Morgan fingerprint density at radius 2 is 2.00 bits per heavy atom. The molecule has 1 saturated carbocycles. The van der Waals surface area contributed by atoms with Gasteiger partial charge in [0.05, 0.1) is 0 Å². The summed E-state index contributed by atoms with van der Waals surface area (Å²) >= 11 is 0. The Balaban J connectivity index is 1.39. The molecule has 2 fully saturated rings. The van der Waals surface area contributed by atoms with Crippen molar-refractivity contribution in [3.8, 4) is 0 Å². The van der Waals surface area contributed by atoms with Crippen LogP contribution in [0.3, 0.4) is 0 Å². The Morgan fingerprint density at radius 1 is 1.21 bits per heavy atom. The Hall–Kier alpha value is -0.860. The van der Waals surface area contributed by atoms with Crippen molar-refractivity contribution >= 4 is 0 Å². The van der Waals surface area contributed by atoms with Crippen molar-refractivity contribution in [1.82, 2.24) is 10.2 Å². The van der Waals surface area contributed by atoms with Gasteiger partial charge in [0.25, 0.3) is 0 Å². The molecule has 1 heterocycles. The van der Waals surface area contributed by atoms with Crippen LogP contribution in [0, 0.1) is 5.92 Å². The van der Waals surface area contributed by atoms with Crippen LogP contribution in [0.25, 0.3) is 0 Å². The van der Waals surface area contributed by atoms with E-state index in [2.05, 4.69) is 47.5 Å². The maximum absolute atomic E-state index is 3.68. The topological polar surface area (TPSA) is 15.3 Å². The van der Waals surface area contributed by atoms with E-state index >= 15 is 0 Å². The van der Waals surface area contributed by atoms with E-state index in [0.717, 1.165) is 24.4 Å². The van der Waals surface area contributed by atoms with E-state index in [9.17, 15) is 0 Å². The van der Waals surface area contributed by atoms with Crippen molar-refractivity contribution in [2.24, 2.45) is 5.92 Å². The number of rotatable bonds is 6. The standard InChI is InChI=1S/C17H26N2/c1-14(15-7-8-15)18-10-12-19-11-9-17(13-19)16-5-3-2-4-6-16/h2-6,14-15,17-18H,7-13H2,1H3. The number of hydrogen-bond acceptors (Lipinski definition) is 2. The quantitative estimate of drug-likeness (QED) is 0.844. The zero-order chi connectivity index (χ0) is 13.1. The molecule has 1 N–H and O–H groups in total. The Morgan fingerprint density at radius 3 is 2.74 bits per heavy atom. The van der Waals surface area contributed by atoms with Crippen molar-refractivity contribution < 1.29 is 0 Å². The van der Waals surface area contributed by atoms with E-state index in [1.165, 1.54) is 44.5 Å². The molecule has 1 aromatic carbocycles. The third-order valence-electron chi connectivity index (χ3n) is 4.77. The molecule has 2 unspecified atom stereocenters. The van der Waals surface area contributed by atoms with Crippen LogP contribution in [0.5, 0.6) is 0 Å². The average molecular weight is 258 g/mol. The predicted octanol–water partition coefficient (Wildman–Crippen LogP) is 2.86. The molecule has 0 radical (unpaired) electrons. The first-order valence-corrected chi connectivity index (χ1v) is 7.83. The van der Waals surface area contributed by atoms with Crippen molar-refractivity contribution in [2.75, 3.05) is 26.2 Å². The van der Waals surface area contributed by atoms with Crippen molar-refractivity contribution in [3.05, 3.63) is 35.9 Å². The molecule has 0 bridgehead atoms. The van der Waals surface area contributed by atoms with Gasteiger partial charge in [0.2, 0.25) is 0 Å². The minimum absolute atomic E-state index is 0.729. The molecule has 1 aromatic rings. The van der Waals surface area contributed by atoms with E-state index in [1.54, 1.807) is 0 Å². The van der Waals surface area contributed by atoms with Gasteiger partial charge in [-0.25, -0.2) is 0 Å². The number of benzene rings is 1. The third kappa shape index (κ3) is 3.58. The summed E-state index contributed by atoms with van der Waals surface area (Å²) in [5.74, 6) is 1.72. The zero-order valence-electron chi connectivity index (χ0n) is 12.0.